The second-order valence-electron chi connectivity index (χ2n) is 25.7. The molecule has 4 aromatic heterocycles. The predicted molar refractivity (Wildman–Crippen MR) is 369 cm³/mol. The van der Waals surface area contributed by atoms with Gasteiger partial charge in [0.15, 0.2) is 0 Å². The standard InChI is InChI=1S/C31H41N5O5S2.C30H37N5O8S2.C6H7NO/c1-20(2)41-30(38)35-23-11-9-21(10-12-23)29-33-19-26(42-29)25-15-13-24(18-27(25)43(39,40)36-31(3,4)5)34-28(37)16-14-22-8-6-7-17-32-22;1-18(2)42-28(36)32-20-8-6-19(7-9-20)27-31-17-25(44-27)24-15-10-21(16-26(24)45(40,41)34-30(3,4)5)33-29(37)43-23-13-11-22(12-14-23)35(38)39;8-5-6-3-1-2-4-7-6/h6-8,13,15,17-21,23,36H,9-12,14,16H2,1-5H3,(H,34,37)(H,35,38);10-20,34H,6-9H2,1-5H3,(H,32,36)(H,33,37);1-4,8H,5H2. The molecule has 96 heavy (non-hydrogen) atoms. The summed E-state index contributed by atoms with van der Waals surface area (Å²) < 4.78 is 75.4. The van der Waals surface area contributed by atoms with Gasteiger partial charge in [-0.05, 0) is 188 Å². The number of pyridine rings is 2. The number of aliphatic hydroxyl groups excluding tert-OH is 1. The van der Waals surface area contributed by atoms with Crippen LogP contribution in [-0.4, -0.2) is 106 Å². The van der Waals surface area contributed by atoms with E-state index in [1.807, 2.05) is 44.2 Å². The van der Waals surface area contributed by atoms with Crippen molar-refractivity contribution in [2.45, 2.75) is 197 Å². The Morgan fingerprint density at radius 1 is 0.594 bits per heavy atom. The molecule has 3 aromatic carbocycles. The molecule has 0 spiro atoms. The lowest BCUT2D eigenvalue weighted by Gasteiger charge is -2.28. The van der Waals surface area contributed by atoms with Crippen LogP contribution in [-0.2, 0) is 47.3 Å². The van der Waals surface area contributed by atoms with Crippen LogP contribution in [0.25, 0.3) is 20.9 Å². The quantitative estimate of drug-likeness (QED) is 0.0275. The maximum atomic E-state index is 13.6. The Bertz CT molecular complexity index is 3980. The molecule has 0 saturated heterocycles. The number of hydrogen-bond acceptors (Lipinski definition) is 20. The second-order valence-corrected chi connectivity index (χ2v) is 31.1. The lowest BCUT2D eigenvalue weighted by molar-refractivity contribution is -0.384. The number of hydrogen-bond donors (Lipinski definition) is 7. The van der Waals surface area contributed by atoms with Gasteiger partial charge in [0, 0.05) is 107 Å². The number of sulfonamides is 2. The minimum Gasteiger partial charge on any atom is -0.447 e. The molecule has 7 N–H and O–H groups in total. The molecule has 516 valence electrons. The number of nitro groups is 1. The second kappa shape index (κ2) is 34.1. The van der Waals surface area contributed by atoms with E-state index >= 15 is 0 Å². The van der Waals surface area contributed by atoms with Crippen LogP contribution in [0.5, 0.6) is 5.75 Å². The zero-order chi connectivity index (χ0) is 70.0. The average molecular weight is 1400 g/mol. The summed E-state index contributed by atoms with van der Waals surface area (Å²) in [7, 11) is -7.99. The number of ether oxygens (including phenoxy) is 3. The Hall–Kier alpha value is -8.32. The third kappa shape index (κ3) is 23.8. The van der Waals surface area contributed by atoms with Crippen LogP contribution in [0.2, 0.25) is 0 Å². The number of nitro benzene ring substituents is 1. The summed E-state index contributed by atoms with van der Waals surface area (Å²) in [4.78, 5) is 78.4. The van der Waals surface area contributed by atoms with Gasteiger partial charge in [-0.2, -0.15) is 0 Å². The smallest absolute Gasteiger partial charge is 0.417 e. The van der Waals surface area contributed by atoms with Gasteiger partial charge < -0.3 is 35.3 Å². The predicted octanol–water partition coefficient (Wildman–Crippen LogP) is 13.2. The van der Waals surface area contributed by atoms with E-state index in [9.17, 15) is 46.1 Å². The Morgan fingerprint density at radius 3 is 1.42 bits per heavy atom. The lowest BCUT2D eigenvalue weighted by atomic mass is 9.86. The summed E-state index contributed by atoms with van der Waals surface area (Å²) in [5.41, 5.74) is 1.42. The van der Waals surface area contributed by atoms with E-state index in [1.54, 1.807) is 111 Å². The molecule has 0 radical (unpaired) electrons. The summed E-state index contributed by atoms with van der Waals surface area (Å²) in [6.45, 7) is 17.8. The van der Waals surface area contributed by atoms with Gasteiger partial charge in [-0.15, -0.1) is 22.7 Å². The van der Waals surface area contributed by atoms with E-state index in [0.29, 0.717) is 33.8 Å². The van der Waals surface area contributed by atoms with Crippen LogP contribution in [0.4, 0.5) is 31.4 Å². The van der Waals surface area contributed by atoms with E-state index in [1.165, 1.54) is 59.1 Å². The van der Waals surface area contributed by atoms with Gasteiger partial charge in [0.25, 0.3) is 5.69 Å². The molecule has 9 rings (SSSR count). The number of benzene rings is 3. The average Bonchev–Trinajstić information content (AvgIpc) is 1.41. The van der Waals surface area contributed by atoms with E-state index in [-0.39, 0.29) is 88.1 Å². The van der Waals surface area contributed by atoms with E-state index in [4.69, 9.17) is 19.3 Å². The highest BCUT2D eigenvalue weighted by Gasteiger charge is 2.32. The number of non-ortho nitro benzene ring substituents is 1. The molecule has 2 aliphatic carbocycles. The third-order valence-electron chi connectivity index (χ3n) is 14.5. The Balaban J connectivity index is 0.000000242. The number of thiazole rings is 2. The Kier molecular flexibility index (Phi) is 26.6. The highest BCUT2D eigenvalue weighted by Crippen LogP contribution is 2.42. The summed E-state index contributed by atoms with van der Waals surface area (Å²) in [5.74, 6) is 0.247. The molecule has 2 aliphatic rings. The SMILES string of the molecule is CC(C)OC(=O)NC1CCC(c2ncc(-c3ccc(NC(=O)CCc4ccccn4)cc3S(=O)(=O)NC(C)(C)C)s2)CC1.CC(C)OC(=O)NC1CCC(c2ncc(-c3ccc(NC(=O)Oc4ccc([N+](=O)[O-])cc4)cc3S(=O)(=O)NC(C)(C)C)s2)CC1.OCc1ccccn1. The van der Waals surface area contributed by atoms with Crippen molar-refractivity contribution < 1.29 is 60.3 Å². The summed E-state index contributed by atoms with van der Waals surface area (Å²) in [6.07, 6.45) is 11.9. The first-order valence-corrected chi connectivity index (χ1v) is 36.1. The molecule has 2 fully saturated rings. The first-order valence-electron chi connectivity index (χ1n) is 31.5. The number of nitrogens with one attached hydrogen (secondary N) is 6. The van der Waals surface area contributed by atoms with E-state index in [2.05, 4.69) is 50.6 Å². The molecule has 7 aromatic rings. The normalized spacial score (nSPS) is 16.6. The highest BCUT2D eigenvalue weighted by molar-refractivity contribution is 7.90. The summed E-state index contributed by atoms with van der Waals surface area (Å²) in [5, 5.41) is 32.4. The number of aromatic nitrogens is 4. The zero-order valence-electron chi connectivity index (χ0n) is 55.4. The first kappa shape index (κ1) is 75.1. The maximum absolute atomic E-state index is 13.6. The Morgan fingerprint density at radius 2 is 1.03 bits per heavy atom. The van der Waals surface area contributed by atoms with Gasteiger partial charge in [-0.25, -0.2) is 50.6 Å². The van der Waals surface area contributed by atoms with Crippen molar-refractivity contribution in [3.8, 4) is 26.6 Å². The van der Waals surface area contributed by atoms with Crippen LogP contribution < -0.4 is 35.4 Å². The molecule has 25 nitrogen and oxygen atoms in total. The van der Waals surface area contributed by atoms with Gasteiger partial charge in [0.2, 0.25) is 26.0 Å². The number of aryl methyl sites for hydroxylation is 1. The van der Waals surface area contributed by atoms with Crippen molar-refractivity contribution in [3.05, 3.63) is 153 Å². The number of carbonyl (C=O) groups excluding carboxylic acids is 4. The largest absolute Gasteiger partial charge is 0.447 e. The molecule has 29 heteroatoms. The van der Waals surface area contributed by atoms with Gasteiger partial charge in [-0.3, -0.25) is 30.2 Å². The molecule has 2 saturated carbocycles. The molecular weight excluding hydrogens is 1310 g/mol. The number of anilines is 2. The van der Waals surface area contributed by atoms with Gasteiger partial charge in [-0.1, -0.05) is 24.3 Å². The summed E-state index contributed by atoms with van der Waals surface area (Å²) >= 11 is 2.89. The van der Waals surface area contributed by atoms with Crippen LogP contribution >= 0.6 is 22.7 Å². The summed E-state index contributed by atoms with van der Waals surface area (Å²) in [6, 6.07) is 25.6. The fraction of sp³-hybridized carbons (Fsp3) is 0.433. The van der Waals surface area contributed by atoms with Crippen molar-refractivity contribution in [2.24, 2.45) is 0 Å². The number of amides is 4. The molecule has 0 bridgehead atoms. The highest BCUT2D eigenvalue weighted by atomic mass is 32.2. The topological polar surface area (TPSA) is 351 Å². The van der Waals surface area contributed by atoms with Crippen molar-refractivity contribution in [1.82, 2.24) is 40.0 Å². The van der Waals surface area contributed by atoms with Crippen LogP contribution in [0, 0.1) is 10.1 Å². The fourth-order valence-corrected chi connectivity index (χ4v) is 16.1. The molecule has 0 atom stereocenters. The van der Waals surface area contributed by atoms with Crippen molar-refractivity contribution in [3.63, 3.8) is 0 Å². The maximum Gasteiger partial charge on any atom is 0.417 e. The fourth-order valence-electron chi connectivity index (χ4n) is 10.4. The monoisotopic (exact) mass is 1400 g/mol. The number of carbonyl (C=O) groups is 4. The number of alkyl carbamates (subject to hydrolysis) is 2. The molecule has 4 heterocycles. The van der Waals surface area contributed by atoms with Crippen molar-refractivity contribution >= 4 is 84.0 Å². The number of aliphatic hydroxyl groups is 1. The minimum absolute atomic E-state index is 0.0271. The number of rotatable bonds is 20. The van der Waals surface area contributed by atoms with Gasteiger partial charge in [0.05, 0.1) is 59.0 Å². The van der Waals surface area contributed by atoms with E-state index in [0.717, 1.165) is 72.0 Å². The lowest BCUT2D eigenvalue weighted by Crippen LogP contribution is -2.40. The van der Waals surface area contributed by atoms with Crippen molar-refractivity contribution in [1.29, 1.82) is 0 Å². The molecule has 4 amide bonds. The minimum atomic E-state index is -4.05. The van der Waals surface area contributed by atoms with Gasteiger partial charge in [0.1, 0.15) is 5.75 Å². The third-order valence-corrected chi connectivity index (χ3v) is 20.5. The zero-order valence-corrected chi connectivity index (χ0v) is 58.7. The number of nitrogens with zero attached hydrogens (tertiary/aromatic N) is 5. The van der Waals surface area contributed by atoms with Crippen LogP contribution in [0.1, 0.15) is 160 Å². The van der Waals surface area contributed by atoms with Crippen molar-refractivity contribution in [2.75, 3.05) is 10.6 Å². The molecule has 0 unspecified atom stereocenters. The Labute approximate surface area is 568 Å². The molecular formula is C67H85N11O14S4. The molecule has 0 aliphatic heterocycles. The van der Waals surface area contributed by atoms with Gasteiger partial charge >= 0.3 is 18.3 Å². The van der Waals surface area contributed by atoms with E-state index < -0.39 is 48.2 Å². The first-order chi connectivity index (χ1) is 45.3. The van der Waals surface area contributed by atoms with Crippen LogP contribution in [0.15, 0.2) is 132 Å². The van der Waals surface area contributed by atoms with Crippen LogP contribution in [0.3, 0.4) is 0 Å².